The van der Waals surface area contributed by atoms with Gasteiger partial charge in [0.15, 0.2) is 0 Å². The molecule has 0 aromatic heterocycles. The van der Waals surface area contributed by atoms with Gasteiger partial charge in [-0.2, -0.15) is 5.26 Å². The van der Waals surface area contributed by atoms with Crippen LogP contribution in [-0.4, -0.2) is 37.6 Å². The van der Waals surface area contributed by atoms with Crippen molar-refractivity contribution in [3.05, 3.63) is 24.3 Å². The number of carbonyl (C=O) groups is 1. The van der Waals surface area contributed by atoms with E-state index in [1.807, 2.05) is 45.2 Å². The second kappa shape index (κ2) is 8.15. The molecule has 5 heteroatoms. The van der Waals surface area contributed by atoms with Gasteiger partial charge in [-0.15, -0.1) is 0 Å². The Morgan fingerprint density at radius 2 is 2.10 bits per heavy atom. The molecule has 1 atom stereocenters. The minimum absolute atomic E-state index is 0.170. The summed E-state index contributed by atoms with van der Waals surface area (Å²) < 4.78 is 0. The fourth-order valence-corrected chi connectivity index (χ4v) is 1.93. The maximum atomic E-state index is 12.2. The van der Waals surface area contributed by atoms with Gasteiger partial charge in [-0.3, -0.25) is 0 Å². The first-order chi connectivity index (χ1) is 10.0. The van der Waals surface area contributed by atoms with Crippen LogP contribution >= 0.6 is 0 Å². The van der Waals surface area contributed by atoms with E-state index in [0.29, 0.717) is 13.1 Å². The zero-order chi connectivity index (χ0) is 15.8. The van der Waals surface area contributed by atoms with Crippen LogP contribution in [-0.2, 0) is 0 Å². The van der Waals surface area contributed by atoms with Crippen LogP contribution in [0.3, 0.4) is 0 Å². The number of hydrogen-bond acceptors (Lipinski definition) is 3. The lowest BCUT2D eigenvalue weighted by Gasteiger charge is -2.23. The third kappa shape index (κ3) is 4.99. The Kier molecular flexibility index (Phi) is 6.54. The minimum atomic E-state index is -0.173. The number of hydrogen-bond donors (Lipinski definition) is 1. The highest BCUT2D eigenvalue weighted by atomic mass is 16.2. The third-order valence-electron chi connectivity index (χ3n) is 3.40. The number of nitrogens with zero attached hydrogens (tertiary/aromatic N) is 3. The summed E-state index contributed by atoms with van der Waals surface area (Å²) in [5, 5.41) is 11.8. The first-order valence-electron chi connectivity index (χ1n) is 7.28. The highest BCUT2D eigenvalue weighted by Gasteiger charge is 2.15. The Balaban J connectivity index is 2.75. The van der Waals surface area contributed by atoms with Crippen molar-refractivity contribution in [3.63, 3.8) is 0 Å². The molecule has 0 bridgehead atoms. The molecule has 0 aliphatic rings. The standard InChI is InChI=1S/C16H24N4O/c1-5-19(4)15-9-7-8-14(10-15)18-16(21)20(6-2)12-13(3)11-17/h7-10,13H,5-6,12H2,1-4H3,(H,18,21)/t13-/m0/s1. The smallest absolute Gasteiger partial charge is 0.321 e. The Morgan fingerprint density at radius 1 is 1.38 bits per heavy atom. The molecule has 1 aromatic rings. The first-order valence-corrected chi connectivity index (χ1v) is 7.28. The van der Waals surface area contributed by atoms with Gasteiger partial charge in [0.05, 0.1) is 12.0 Å². The van der Waals surface area contributed by atoms with Gasteiger partial charge in [0.25, 0.3) is 0 Å². The van der Waals surface area contributed by atoms with E-state index in [2.05, 4.69) is 23.2 Å². The summed E-state index contributed by atoms with van der Waals surface area (Å²) in [6.45, 7) is 7.71. The monoisotopic (exact) mass is 288 g/mol. The van der Waals surface area contributed by atoms with Crippen molar-refractivity contribution in [2.45, 2.75) is 20.8 Å². The van der Waals surface area contributed by atoms with Crippen LogP contribution in [0.15, 0.2) is 24.3 Å². The van der Waals surface area contributed by atoms with Gasteiger partial charge in [-0.25, -0.2) is 4.79 Å². The summed E-state index contributed by atoms with van der Waals surface area (Å²) in [4.78, 5) is 16.0. The van der Waals surface area contributed by atoms with Crippen LogP contribution in [0.25, 0.3) is 0 Å². The van der Waals surface area contributed by atoms with E-state index in [4.69, 9.17) is 5.26 Å². The van der Waals surface area contributed by atoms with Gasteiger partial charge in [0.2, 0.25) is 0 Å². The number of nitriles is 1. The van der Waals surface area contributed by atoms with Gasteiger partial charge < -0.3 is 15.1 Å². The van der Waals surface area contributed by atoms with Crippen molar-refractivity contribution in [1.82, 2.24) is 4.90 Å². The quantitative estimate of drug-likeness (QED) is 0.874. The molecule has 0 aliphatic carbocycles. The van der Waals surface area contributed by atoms with Crippen LogP contribution in [0, 0.1) is 17.2 Å². The largest absolute Gasteiger partial charge is 0.375 e. The lowest BCUT2D eigenvalue weighted by atomic mass is 10.2. The zero-order valence-electron chi connectivity index (χ0n) is 13.3. The Hall–Kier alpha value is -2.22. The van der Waals surface area contributed by atoms with Gasteiger partial charge in [0.1, 0.15) is 0 Å². The molecule has 1 rings (SSSR count). The molecule has 0 unspecified atom stereocenters. The average molecular weight is 288 g/mol. The second-order valence-corrected chi connectivity index (χ2v) is 5.06. The van der Waals surface area contributed by atoms with Crippen molar-refractivity contribution < 1.29 is 4.79 Å². The molecule has 0 spiro atoms. The molecule has 114 valence electrons. The minimum Gasteiger partial charge on any atom is -0.375 e. The molecule has 21 heavy (non-hydrogen) atoms. The Bertz CT molecular complexity index is 509. The van der Waals surface area contributed by atoms with Gasteiger partial charge in [-0.05, 0) is 39.0 Å². The number of benzene rings is 1. The molecule has 0 fully saturated rings. The number of rotatable bonds is 6. The molecular formula is C16H24N4O. The maximum Gasteiger partial charge on any atom is 0.321 e. The predicted octanol–water partition coefficient (Wildman–Crippen LogP) is 3.16. The van der Waals surface area contributed by atoms with Crippen LogP contribution in [0.2, 0.25) is 0 Å². The lowest BCUT2D eigenvalue weighted by molar-refractivity contribution is 0.210. The van der Waals surface area contributed by atoms with Crippen LogP contribution in [0.4, 0.5) is 16.2 Å². The van der Waals surface area contributed by atoms with E-state index in [1.54, 1.807) is 4.90 Å². The number of nitrogens with one attached hydrogen (secondary N) is 1. The van der Waals surface area contributed by atoms with Crippen LogP contribution in [0.1, 0.15) is 20.8 Å². The molecule has 5 nitrogen and oxygen atoms in total. The summed E-state index contributed by atoms with van der Waals surface area (Å²) in [6.07, 6.45) is 0. The molecule has 0 saturated carbocycles. The number of anilines is 2. The molecule has 1 N–H and O–H groups in total. The highest BCUT2D eigenvalue weighted by molar-refractivity contribution is 5.89. The topological polar surface area (TPSA) is 59.4 Å². The van der Waals surface area contributed by atoms with E-state index in [9.17, 15) is 4.79 Å². The van der Waals surface area contributed by atoms with E-state index in [1.165, 1.54) is 0 Å². The van der Waals surface area contributed by atoms with Gasteiger partial charge in [-0.1, -0.05) is 6.07 Å². The van der Waals surface area contributed by atoms with E-state index >= 15 is 0 Å². The Morgan fingerprint density at radius 3 is 2.67 bits per heavy atom. The van der Waals surface area contributed by atoms with Crippen molar-refractivity contribution in [2.24, 2.45) is 5.92 Å². The lowest BCUT2D eigenvalue weighted by Crippen LogP contribution is -2.37. The summed E-state index contributed by atoms with van der Waals surface area (Å²) in [5.74, 6) is -0.173. The van der Waals surface area contributed by atoms with E-state index in [-0.39, 0.29) is 11.9 Å². The third-order valence-corrected chi connectivity index (χ3v) is 3.40. The van der Waals surface area contributed by atoms with Crippen molar-refractivity contribution in [1.29, 1.82) is 5.26 Å². The normalized spacial score (nSPS) is 11.4. The molecule has 2 amide bonds. The fraction of sp³-hybridized carbons (Fsp3) is 0.500. The molecule has 0 heterocycles. The van der Waals surface area contributed by atoms with Gasteiger partial charge in [0, 0.05) is 38.1 Å². The summed E-state index contributed by atoms with van der Waals surface area (Å²) >= 11 is 0. The molecular weight excluding hydrogens is 264 g/mol. The second-order valence-electron chi connectivity index (χ2n) is 5.06. The van der Waals surface area contributed by atoms with Crippen molar-refractivity contribution in [3.8, 4) is 6.07 Å². The number of amides is 2. The molecule has 0 radical (unpaired) electrons. The highest BCUT2D eigenvalue weighted by Crippen LogP contribution is 2.18. The van der Waals surface area contributed by atoms with Crippen LogP contribution < -0.4 is 10.2 Å². The van der Waals surface area contributed by atoms with E-state index < -0.39 is 0 Å². The Labute approximate surface area is 127 Å². The maximum absolute atomic E-state index is 12.2. The summed E-state index contributed by atoms with van der Waals surface area (Å²) in [5.41, 5.74) is 1.82. The summed E-state index contributed by atoms with van der Waals surface area (Å²) in [7, 11) is 2.01. The zero-order valence-corrected chi connectivity index (χ0v) is 13.3. The number of urea groups is 1. The SMILES string of the molecule is CCN(C[C@@H](C)C#N)C(=O)Nc1cccc(N(C)CC)c1. The molecule has 0 saturated heterocycles. The molecule has 0 aliphatic heterocycles. The number of carbonyl (C=O) groups excluding carboxylic acids is 1. The van der Waals surface area contributed by atoms with Crippen molar-refractivity contribution in [2.75, 3.05) is 36.9 Å². The van der Waals surface area contributed by atoms with E-state index in [0.717, 1.165) is 17.9 Å². The predicted molar refractivity (Wildman–Crippen MR) is 86.4 cm³/mol. The van der Waals surface area contributed by atoms with Crippen LogP contribution in [0.5, 0.6) is 0 Å². The van der Waals surface area contributed by atoms with Crippen molar-refractivity contribution >= 4 is 17.4 Å². The molecule has 1 aromatic carbocycles. The first kappa shape index (κ1) is 16.8. The van der Waals surface area contributed by atoms with Gasteiger partial charge >= 0.3 is 6.03 Å². The fourth-order valence-electron chi connectivity index (χ4n) is 1.93. The average Bonchev–Trinajstić information content (AvgIpc) is 2.51. The summed E-state index contributed by atoms with van der Waals surface area (Å²) in [6, 6.07) is 9.73.